The number of amides is 1. The van der Waals surface area contributed by atoms with Gasteiger partial charge in [0.15, 0.2) is 0 Å². The Kier molecular flexibility index (Phi) is 6.64. The summed E-state index contributed by atoms with van der Waals surface area (Å²) in [4.78, 5) is 25.8. The van der Waals surface area contributed by atoms with Crippen LogP contribution in [0.4, 0.5) is 0 Å². The van der Waals surface area contributed by atoms with Crippen LogP contribution in [0.5, 0.6) is 0 Å². The number of carbonyl (C=O) groups excluding carboxylic acids is 2. The van der Waals surface area contributed by atoms with Gasteiger partial charge < -0.3 is 9.64 Å². The Labute approximate surface area is 161 Å². The second-order valence-corrected chi connectivity index (χ2v) is 9.71. The fourth-order valence-electron chi connectivity index (χ4n) is 2.87. The van der Waals surface area contributed by atoms with Crippen LogP contribution in [0, 0.1) is 5.41 Å². The molecule has 0 aliphatic carbocycles. The molecule has 27 heavy (non-hydrogen) atoms. The van der Waals surface area contributed by atoms with Crippen LogP contribution in [0.1, 0.15) is 44.5 Å². The lowest BCUT2D eigenvalue weighted by atomic mass is 9.91. The van der Waals surface area contributed by atoms with Gasteiger partial charge in [-0.1, -0.05) is 20.8 Å². The zero-order chi connectivity index (χ0) is 20.2. The third-order valence-electron chi connectivity index (χ3n) is 4.28. The maximum absolute atomic E-state index is 12.8. The lowest BCUT2D eigenvalue weighted by Crippen LogP contribution is -2.51. The number of esters is 1. The van der Waals surface area contributed by atoms with E-state index in [1.54, 1.807) is 11.8 Å². The monoisotopic (exact) mass is 396 g/mol. The van der Waals surface area contributed by atoms with Gasteiger partial charge in [0.1, 0.15) is 0 Å². The van der Waals surface area contributed by atoms with Gasteiger partial charge in [-0.25, -0.2) is 13.2 Å². The average molecular weight is 397 g/mol. The van der Waals surface area contributed by atoms with Gasteiger partial charge in [-0.2, -0.15) is 4.31 Å². The normalized spacial score (nSPS) is 16.2. The first kappa shape index (κ1) is 21.4. The molecular formula is C19H28N2O5S. The molecule has 0 aromatic heterocycles. The van der Waals surface area contributed by atoms with E-state index in [0.717, 1.165) is 0 Å². The van der Waals surface area contributed by atoms with Crippen LogP contribution in [-0.2, 0) is 19.6 Å². The first-order valence-electron chi connectivity index (χ1n) is 9.10. The van der Waals surface area contributed by atoms with E-state index >= 15 is 0 Å². The van der Waals surface area contributed by atoms with E-state index in [9.17, 15) is 18.0 Å². The molecule has 0 N–H and O–H groups in total. The summed E-state index contributed by atoms with van der Waals surface area (Å²) in [5, 5.41) is 0. The molecule has 1 saturated heterocycles. The summed E-state index contributed by atoms with van der Waals surface area (Å²) in [6.07, 6.45) is 0.440. The molecule has 0 unspecified atom stereocenters. The number of benzene rings is 1. The fourth-order valence-corrected chi connectivity index (χ4v) is 4.29. The zero-order valence-corrected chi connectivity index (χ0v) is 17.2. The van der Waals surface area contributed by atoms with Gasteiger partial charge in [-0.3, -0.25) is 4.79 Å². The van der Waals surface area contributed by atoms with Crippen LogP contribution in [0.15, 0.2) is 29.2 Å². The Morgan fingerprint density at radius 3 is 2.07 bits per heavy atom. The number of piperazine rings is 1. The van der Waals surface area contributed by atoms with Crippen molar-refractivity contribution in [1.82, 2.24) is 9.21 Å². The van der Waals surface area contributed by atoms with E-state index in [4.69, 9.17) is 4.74 Å². The molecule has 0 bridgehead atoms. The predicted octanol–water partition coefficient (Wildman–Crippen LogP) is 2.13. The highest BCUT2D eigenvalue weighted by molar-refractivity contribution is 7.89. The largest absolute Gasteiger partial charge is 0.462 e. The molecule has 1 fully saturated rings. The highest BCUT2D eigenvalue weighted by Gasteiger charge is 2.31. The number of nitrogens with zero attached hydrogens (tertiary/aromatic N) is 2. The number of rotatable bonds is 5. The van der Waals surface area contributed by atoms with Gasteiger partial charge in [0, 0.05) is 32.6 Å². The van der Waals surface area contributed by atoms with E-state index in [-0.39, 0.29) is 35.9 Å². The second-order valence-electron chi connectivity index (χ2n) is 7.77. The standard InChI is InChI=1S/C19H28N2O5S/c1-5-26-18(23)15-6-8-16(9-7-15)27(24,25)21-12-10-20(11-13-21)17(22)14-19(2,3)4/h6-9H,5,10-14H2,1-4H3. The van der Waals surface area contributed by atoms with E-state index in [1.165, 1.54) is 28.6 Å². The van der Waals surface area contributed by atoms with Crippen molar-refractivity contribution in [3.05, 3.63) is 29.8 Å². The molecule has 8 heteroatoms. The topological polar surface area (TPSA) is 84.0 Å². The van der Waals surface area contributed by atoms with E-state index < -0.39 is 16.0 Å². The molecule has 0 atom stereocenters. The average Bonchev–Trinajstić information content (AvgIpc) is 2.60. The van der Waals surface area contributed by atoms with Gasteiger partial charge in [-0.15, -0.1) is 0 Å². The van der Waals surface area contributed by atoms with Crippen LogP contribution in [0.3, 0.4) is 0 Å². The first-order valence-corrected chi connectivity index (χ1v) is 10.5. The highest BCUT2D eigenvalue weighted by Crippen LogP contribution is 2.22. The number of hydrogen-bond donors (Lipinski definition) is 0. The Hall–Kier alpha value is -1.93. The van der Waals surface area contributed by atoms with Crippen LogP contribution >= 0.6 is 0 Å². The summed E-state index contributed by atoms with van der Waals surface area (Å²) in [6.45, 7) is 9.28. The van der Waals surface area contributed by atoms with Gasteiger partial charge in [-0.05, 0) is 36.6 Å². The molecule has 0 spiro atoms. The molecule has 7 nitrogen and oxygen atoms in total. The van der Waals surface area contributed by atoms with Gasteiger partial charge in [0.2, 0.25) is 15.9 Å². The van der Waals surface area contributed by atoms with Gasteiger partial charge >= 0.3 is 5.97 Å². The maximum atomic E-state index is 12.8. The molecule has 1 aromatic rings. The summed E-state index contributed by atoms with van der Waals surface area (Å²) in [6, 6.07) is 5.74. The number of hydrogen-bond acceptors (Lipinski definition) is 5. The predicted molar refractivity (Wildman–Crippen MR) is 102 cm³/mol. The molecule has 0 radical (unpaired) electrons. The van der Waals surface area contributed by atoms with Crippen LogP contribution in [-0.4, -0.2) is 62.3 Å². The lowest BCUT2D eigenvalue weighted by Gasteiger charge is -2.35. The van der Waals surface area contributed by atoms with Crippen molar-refractivity contribution in [3.8, 4) is 0 Å². The Morgan fingerprint density at radius 2 is 1.59 bits per heavy atom. The molecule has 1 aliphatic rings. The van der Waals surface area contributed by atoms with E-state index in [0.29, 0.717) is 25.1 Å². The number of sulfonamides is 1. The minimum atomic E-state index is -3.66. The smallest absolute Gasteiger partial charge is 0.338 e. The third kappa shape index (κ3) is 5.52. The van der Waals surface area contributed by atoms with E-state index in [1.807, 2.05) is 20.8 Å². The molecule has 1 amide bonds. The van der Waals surface area contributed by atoms with Crippen molar-refractivity contribution in [2.24, 2.45) is 5.41 Å². The van der Waals surface area contributed by atoms with Crippen LogP contribution in [0.2, 0.25) is 0 Å². The maximum Gasteiger partial charge on any atom is 0.338 e. The number of ether oxygens (including phenoxy) is 1. The third-order valence-corrected chi connectivity index (χ3v) is 6.19. The summed E-state index contributed by atoms with van der Waals surface area (Å²) >= 11 is 0. The molecule has 1 heterocycles. The molecule has 150 valence electrons. The minimum absolute atomic E-state index is 0.0540. The van der Waals surface area contributed by atoms with Crippen molar-refractivity contribution in [3.63, 3.8) is 0 Å². The molecular weight excluding hydrogens is 368 g/mol. The van der Waals surface area contributed by atoms with Crippen molar-refractivity contribution in [1.29, 1.82) is 0 Å². The molecule has 1 aliphatic heterocycles. The van der Waals surface area contributed by atoms with Gasteiger partial charge in [0.05, 0.1) is 17.1 Å². The van der Waals surface area contributed by atoms with Crippen molar-refractivity contribution in [2.45, 2.75) is 39.0 Å². The van der Waals surface area contributed by atoms with Crippen molar-refractivity contribution >= 4 is 21.9 Å². The molecule has 0 saturated carbocycles. The van der Waals surface area contributed by atoms with Crippen LogP contribution < -0.4 is 0 Å². The SMILES string of the molecule is CCOC(=O)c1ccc(S(=O)(=O)N2CCN(C(=O)CC(C)(C)C)CC2)cc1. The number of carbonyl (C=O) groups is 2. The summed E-state index contributed by atoms with van der Waals surface area (Å²) in [5.41, 5.74) is 0.217. The van der Waals surface area contributed by atoms with Crippen molar-refractivity contribution in [2.75, 3.05) is 32.8 Å². The molecule has 2 rings (SSSR count). The van der Waals surface area contributed by atoms with Crippen molar-refractivity contribution < 1.29 is 22.7 Å². The Morgan fingerprint density at radius 1 is 1.04 bits per heavy atom. The van der Waals surface area contributed by atoms with Gasteiger partial charge in [0.25, 0.3) is 0 Å². The van der Waals surface area contributed by atoms with Crippen LogP contribution in [0.25, 0.3) is 0 Å². The Balaban J connectivity index is 2.02. The minimum Gasteiger partial charge on any atom is -0.462 e. The lowest BCUT2D eigenvalue weighted by molar-refractivity contribution is -0.134. The first-order chi connectivity index (χ1) is 12.5. The Bertz CT molecular complexity index is 773. The summed E-state index contributed by atoms with van der Waals surface area (Å²) < 4.78 is 31.9. The van der Waals surface area contributed by atoms with E-state index in [2.05, 4.69) is 0 Å². The quantitative estimate of drug-likeness (QED) is 0.712. The summed E-state index contributed by atoms with van der Waals surface area (Å²) in [5.74, 6) is -0.425. The molecule has 1 aromatic carbocycles. The fraction of sp³-hybridized carbons (Fsp3) is 0.579. The zero-order valence-electron chi connectivity index (χ0n) is 16.4. The highest BCUT2D eigenvalue weighted by atomic mass is 32.2. The summed E-state index contributed by atoms with van der Waals surface area (Å²) in [7, 11) is -3.66. The second kappa shape index (κ2) is 8.39.